The topological polar surface area (TPSA) is 133 Å². The van der Waals surface area contributed by atoms with Crippen molar-refractivity contribution in [3.05, 3.63) is 59.7 Å². The predicted molar refractivity (Wildman–Crippen MR) is 110 cm³/mol. The summed E-state index contributed by atoms with van der Waals surface area (Å²) in [7, 11) is 0. The maximum atomic E-state index is 12.6. The SMILES string of the molecule is O=C(O)c1ccc(NC(=O)[C@H]2CCC[C@H](C(=O)Nc3ccc(C(=O)O)cc3)C2)cc1. The zero-order chi connectivity index (χ0) is 21.7. The van der Waals surface area contributed by atoms with E-state index < -0.39 is 11.9 Å². The van der Waals surface area contributed by atoms with Gasteiger partial charge in [-0.1, -0.05) is 6.42 Å². The minimum Gasteiger partial charge on any atom is -0.478 e. The first-order chi connectivity index (χ1) is 14.3. The highest BCUT2D eigenvalue weighted by molar-refractivity contribution is 5.96. The van der Waals surface area contributed by atoms with Gasteiger partial charge in [-0.25, -0.2) is 9.59 Å². The van der Waals surface area contributed by atoms with Crippen LogP contribution < -0.4 is 10.6 Å². The molecule has 1 aliphatic carbocycles. The smallest absolute Gasteiger partial charge is 0.335 e. The van der Waals surface area contributed by atoms with E-state index in [1.54, 1.807) is 0 Å². The summed E-state index contributed by atoms with van der Waals surface area (Å²) in [5.41, 5.74) is 1.29. The molecule has 0 spiro atoms. The van der Waals surface area contributed by atoms with E-state index in [0.717, 1.165) is 6.42 Å². The summed E-state index contributed by atoms with van der Waals surface area (Å²) in [4.78, 5) is 47.0. The van der Waals surface area contributed by atoms with Crippen molar-refractivity contribution in [3.8, 4) is 0 Å². The number of carboxylic acids is 2. The van der Waals surface area contributed by atoms with Gasteiger partial charge in [0.15, 0.2) is 0 Å². The van der Waals surface area contributed by atoms with Gasteiger partial charge in [0.25, 0.3) is 0 Å². The number of hydrogen-bond acceptors (Lipinski definition) is 4. The molecule has 0 bridgehead atoms. The number of anilines is 2. The van der Waals surface area contributed by atoms with Crippen LogP contribution in [0, 0.1) is 11.8 Å². The molecule has 30 heavy (non-hydrogen) atoms. The summed E-state index contributed by atoms with van der Waals surface area (Å²) in [6.07, 6.45) is 2.51. The second kappa shape index (κ2) is 9.21. The Morgan fingerprint density at radius 1 is 0.667 bits per heavy atom. The van der Waals surface area contributed by atoms with E-state index in [1.807, 2.05) is 0 Å². The Hall–Kier alpha value is -3.68. The van der Waals surface area contributed by atoms with Crippen LogP contribution in [0.5, 0.6) is 0 Å². The zero-order valence-electron chi connectivity index (χ0n) is 16.1. The van der Waals surface area contributed by atoms with Crippen LogP contribution in [0.1, 0.15) is 46.4 Å². The molecule has 2 aromatic rings. The van der Waals surface area contributed by atoms with Crippen LogP contribution in [0.3, 0.4) is 0 Å². The largest absolute Gasteiger partial charge is 0.478 e. The van der Waals surface area contributed by atoms with Crippen LogP contribution in [0.4, 0.5) is 11.4 Å². The van der Waals surface area contributed by atoms with Crippen LogP contribution >= 0.6 is 0 Å². The maximum absolute atomic E-state index is 12.6. The first kappa shape index (κ1) is 21.0. The Morgan fingerprint density at radius 3 is 1.37 bits per heavy atom. The third kappa shape index (κ3) is 5.22. The lowest BCUT2D eigenvalue weighted by Crippen LogP contribution is -2.33. The Kier molecular flexibility index (Phi) is 6.46. The van der Waals surface area contributed by atoms with Gasteiger partial charge in [0.2, 0.25) is 11.8 Å². The fourth-order valence-electron chi connectivity index (χ4n) is 3.55. The van der Waals surface area contributed by atoms with Crippen molar-refractivity contribution in [1.82, 2.24) is 0 Å². The molecule has 2 amide bonds. The summed E-state index contributed by atoms with van der Waals surface area (Å²) in [6.45, 7) is 0. The van der Waals surface area contributed by atoms with E-state index in [0.29, 0.717) is 30.6 Å². The number of nitrogens with one attached hydrogen (secondary N) is 2. The van der Waals surface area contributed by atoms with E-state index in [1.165, 1.54) is 48.5 Å². The standard InChI is InChI=1S/C22H22N2O6/c25-19(23-17-8-4-13(5-9-17)21(27)28)15-2-1-3-16(12-15)20(26)24-18-10-6-14(7-11-18)22(29)30/h4-11,15-16H,1-3,12H2,(H,23,25)(H,24,26)(H,27,28)(H,29,30)/t15-,16-/m0/s1. The molecule has 8 heteroatoms. The minimum absolute atomic E-state index is 0.138. The number of benzene rings is 2. The highest BCUT2D eigenvalue weighted by Crippen LogP contribution is 2.31. The number of carbonyl (C=O) groups excluding carboxylic acids is 2. The molecule has 2 aromatic carbocycles. The number of aromatic carboxylic acids is 2. The third-order valence-corrected chi connectivity index (χ3v) is 5.21. The normalized spacial score (nSPS) is 18.3. The lowest BCUT2D eigenvalue weighted by molar-refractivity contribution is -0.124. The number of rotatable bonds is 6. The molecule has 8 nitrogen and oxygen atoms in total. The van der Waals surface area contributed by atoms with E-state index in [4.69, 9.17) is 10.2 Å². The fourth-order valence-corrected chi connectivity index (χ4v) is 3.55. The number of carbonyl (C=O) groups is 4. The highest BCUT2D eigenvalue weighted by atomic mass is 16.4. The van der Waals surface area contributed by atoms with Crippen LogP contribution in [0.15, 0.2) is 48.5 Å². The molecule has 1 fully saturated rings. The Morgan fingerprint density at radius 2 is 1.03 bits per heavy atom. The fraction of sp³-hybridized carbons (Fsp3) is 0.273. The average Bonchev–Trinajstić information content (AvgIpc) is 2.74. The summed E-state index contributed by atoms with van der Waals surface area (Å²) in [6, 6.07) is 11.8. The molecule has 1 saturated carbocycles. The van der Waals surface area contributed by atoms with Gasteiger partial charge >= 0.3 is 11.9 Å². The van der Waals surface area contributed by atoms with Crippen LogP contribution in [-0.2, 0) is 9.59 Å². The van der Waals surface area contributed by atoms with Gasteiger partial charge in [-0.15, -0.1) is 0 Å². The van der Waals surface area contributed by atoms with E-state index in [-0.39, 0.29) is 34.8 Å². The van der Waals surface area contributed by atoms with Crippen molar-refractivity contribution < 1.29 is 29.4 Å². The number of carboxylic acid groups (broad SMARTS) is 2. The Labute approximate surface area is 172 Å². The van der Waals surface area contributed by atoms with Crippen molar-refractivity contribution >= 4 is 35.1 Å². The van der Waals surface area contributed by atoms with Crippen molar-refractivity contribution in [2.24, 2.45) is 11.8 Å². The molecular weight excluding hydrogens is 388 g/mol. The van der Waals surface area contributed by atoms with Crippen molar-refractivity contribution in [2.45, 2.75) is 25.7 Å². The quantitative estimate of drug-likeness (QED) is 0.576. The molecular formula is C22H22N2O6. The molecule has 156 valence electrons. The Balaban J connectivity index is 1.57. The van der Waals surface area contributed by atoms with Gasteiger partial charge in [0.1, 0.15) is 0 Å². The molecule has 2 atom stereocenters. The molecule has 3 rings (SSSR count). The minimum atomic E-state index is -1.04. The van der Waals surface area contributed by atoms with Crippen LogP contribution in [0.2, 0.25) is 0 Å². The second-order valence-corrected chi connectivity index (χ2v) is 7.30. The first-order valence-electron chi connectivity index (χ1n) is 9.62. The zero-order valence-corrected chi connectivity index (χ0v) is 16.1. The van der Waals surface area contributed by atoms with Gasteiger partial charge < -0.3 is 20.8 Å². The lowest BCUT2D eigenvalue weighted by Gasteiger charge is -2.27. The van der Waals surface area contributed by atoms with Gasteiger partial charge in [-0.3, -0.25) is 9.59 Å². The monoisotopic (exact) mass is 410 g/mol. The van der Waals surface area contributed by atoms with Gasteiger partial charge in [0.05, 0.1) is 11.1 Å². The predicted octanol–water partition coefficient (Wildman–Crippen LogP) is 3.47. The first-order valence-corrected chi connectivity index (χ1v) is 9.62. The van der Waals surface area contributed by atoms with Crippen molar-refractivity contribution in [1.29, 1.82) is 0 Å². The molecule has 1 aliphatic rings. The van der Waals surface area contributed by atoms with Crippen molar-refractivity contribution in [3.63, 3.8) is 0 Å². The summed E-state index contributed by atoms with van der Waals surface area (Å²) in [5, 5.41) is 23.4. The molecule has 0 heterocycles. The molecule has 4 N–H and O–H groups in total. The van der Waals surface area contributed by atoms with Crippen molar-refractivity contribution in [2.75, 3.05) is 10.6 Å². The van der Waals surface area contributed by atoms with E-state index in [9.17, 15) is 19.2 Å². The van der Waals surface area contributed by atoms with Crippen LogP contribution in [0.25, 0.3) is 0 Å². The van der Waals surface area contributed by atoms with Gasteiger partial charge in [0, 0.05) is 23.2 Å². The summed E-state index contributed by atoms with van der Waals surface area (Å²) in [5.74, 6) is -3.09. The Bertz CT molecular complexity index is 875. The highest BCUT2D eigenvalue weighted by Gasteiger charge is 2.31. The van der Waals surface area contributed by atoms with Gasteiger partial charge in [-0.05, 0) is 67.8 Å². The van der Waals surface area contributed by atoms with E-state index >= 15 is 0 Å². The summed E-state index contributed by atoms with van der Waals surface area (Å²) < 4.78 is 0. The third-order valence-electron chi connectivity index (χ3n) is 5.21. The maximum Gasteiger partial charge on any atom is 0.335 e. The lowest BCUT2D eigenvalue weighted by atomic mass is 9.80. The number of amides is 2. The number of hydrogen-bond donors (Lipinski definition) is 4. The molecule has 0 saturated heterocycles. The van der Waals surface area contributed by atoms with Crippen LogP contribution in [-0.4, -0.2) is 34.0 Å². The molecule has 0 unspecified atom stereocenters. The molecule has 0 aliphatic heterocycles. The van der Waals surface area contributed by atoms with E-state index in [2.05, 4.69) is 10.6 Å². The van der Waals surface area contributed by atoms with Gasteiger partial charge in [-0.2, -0.15) is 0 Å². The summed E-state index contributed by atoms with van der Waals surface area (Å²) >= 11 is 0. The average molecular weight is 410 g/mol. The molecule has 0 radical (unpaired) electrons. The second-order valence-electron chi connectivity index (χ2n) is 7.30. The molecule has 0 aromatic heterocycles.